The molecule has 0 aliphatic carbocycles. The molecule has 2 saturated heterocycles. The van der Waals surface area contributed by atoms with Crippen LogP contribution in [-0.2, 0) is 18.9 Å². The first-order valence-corrected chi connectivity index (χ1v) is 8.33. The second kappa shape index (κ2) is 9.54. The Balaban J connectivity index is 2.22. The van der Waals surface area contributed by atoms with Crippen molar-refractivity contribution < 1.29 is 54.8 Å². The summed E-state index contributed by atoms with van der Waals surface area (Å²) in [6.45, 7) is 2.11. The summed E-state index contributed by atoms with van der Waals surface area (Å²) >= 11 is 0. The van der Waals surface area contributed by atoms with E-state index in [0.717, 1.165) is 6.20 Å². The molecule has 0 aromatic rings. The molecule has 7 N–H and O–H groups in total. The van der Waals surface area contributed by atoms with Crippen molar-refractivity contribution in [2.75, 3.05) is 20.3 Å². The molecule has 0 spiro atoms. The smallest absolute Gasteiger partial charge is 0.187 e. The van der Waals surface area contributed by atoms with Crippen LogP contribution in [0.1, 0.15) is 0 Å². The number of hydroxylamine groups is 2. The molecule has 0 aromatic carbocycles. The number of hydrogen-bond acceptors (Lipinski definition) is 12. The van der Waals surface area contributed by atoms with Crippen molar-refractivity contribution in [3.8, 4) is 0 Å². The zero-order valence-electron chi connectivity index (χ0n) is 14.7. The Labute approximate surface area is 155 Å². The summed E-state index contributed by atoms with van der Waals surface area (Å²) in [4.78, 5) is 0. The predicted molar refractivity (Wildman–Crippen MR) is 85.0 cm³/mol. The molecule has 12 heteroatoms. The molecular formula is C15H27NO11. The van der Waals surface area contributed by atoms with Gasteiger partial charge >= 0.3 is 0 Å². The van der Waals surface area contributed by atoms with Gasteiger partial charge in [-0.15, -0.1) is 0 Å². The summed E-state index contributed by atoms with van der Waals surface area (Å²) in [7, 11) is 1.27. The minimum Gasteiger partial charge on any atom is -0.394 e. The molecule has 2 rings (SSSR count). The Morgan fingerprint density at radius 1 is 0.926 bits per heavy atom. The van der Waals surface area contributed by atoms with Crippen molar-refractivity contribution in [2.24, 2.45) is 0 Å². The van der Waals surface area contributed by atoms with Gasteiger partial charge in [0.25, 0.3) is 0 Å². The van der Waals surface area contributed by atoms with E-state index in [9.17, 15) is 35.8 Å². The highest BCUT2D eigenvalue weighted by molar-refractivity contribution is 4.97. The minimum absolute atomic E-state index is 0.552. The van der Waals surface area contributed by atoms with Crippen molar-refractivity contribution in [3.63, 3.8) is 0 Å². The molecule has 5 unspecified atom stereocenters. The SMILES string of the molecule is C=CN(O)C1C(OC)OC(CO)[C@@H](O[C@@H]2OC(CO)[C@H](O)C(O)[C@@H]2O)[C@@H]1O. The fourth-order valence-corrected chi connectivity index (χ4v) is 3.15. The van der Waals surface area contributed by atoms with E-state index in [-0.39, 0.29) is 0 Å². The molecule has 2 aliphatic heterocycles. The second-order valence-electron chi connectivity index (χ2n) is 6.30. The van der Waals surface area contributed by atoms with Crippen LogP contribution in [0, 0.1) is 0 Å². The number of nitrogens with zero attached hydrogens (tertiary/aromatic N) is 1. The van der Waals surface area contributed by atoms with Crippen molar-refractivity contribution in [1.29, 1.82) is 0 Å². The molecule has 2 aliphatic rings. The summed E-state index contributed by atoms with van der Waals surface area (Å²) < 4.78 is 21.3. The molecule has 27 heavy (non-hydrogen) atoms. The van der Waals surface area contributed by atoms with E-state index in [0.29, 0.717) is 5.06 Å². The lowest BCUT2D eigenvalue weighted by Crippen LogP contribution is -2.66. The van der Waals surface area contributed by atoms with Gasteiger partial charge in [-0.25, -0.2) is 0 Å². The van der Waals surface area contributed by atoms with E-state index >= 15 is 0 Å². The average Bonchev–Trinajstić information content (AvgIpc) is 2.68. The third-order valence-corrected chi connectivity index (χ3v) is 4.69. The summed E-state index contributed by atoms with van der Waals surface area (Å²) in [6, 6.07) is -1.19. The van der Waals surface area contributed by atoms with Gasteiger partial charge in [-0.05, 0) is 0 Å². The molecule has 0 radical (unpaired) electrons. The minimum atomic E-state index is -1.71. The molecule has 0 bridgehead atoms. The topological polar surface area (TPSA) is 182 Å². The van der Waals surface area contributed by atoms with Crippen LogP contribution in [0.25, 0.3) is 0 Å². The lowest BCUT2D eigenvalue weighted by molar-refractivity contribution is -0.360. The second-order valence-corrected chi connectivity index (χ2v) is 6.30. The van der Waals surface area contributed by atoms with Crippen LogP contribution in [0.2, 0.25) is 0 Å². The molecular weight excluding hydrogens is 370 g/mol. The van der Waals surface area contributed by atoms with Gasteiger partial charge in [-0.1, -0.05) is 6.58 Å². The quantitative estimate of drug-likeness (QED) is 0.208. The van der Waals surface area contributed by atoms with Crippen LogP contribution in [0.5, 0.6) is 0 Å². The van der Waals surface area contributed by atoms with Crippen LogP contribution < -0.4 is 0 Å². The summed E-state index contributed by atoms with van der Waals surface area (Å²) in [5.41, 5.74) is 0. The highest BCUT2D eigenvalue weighted by Crippen LogP contribution is 2.30. The zero-order chi connectivity index (χ0) is 20.3. The Kier molecular flexibility index (Phi) is 7.91. The average molecular weight is 397 g/mol. The Morgan fingerprint density at radius 2 is 1.52 bits per heavy atom. The molecule has 10 atom stereocenters. The molecule has 2 heterocycles. The number of rotatable bonds is 7. The standard InChI is InChI=1S/C15H27NO11/c1-3-16(23)8-10(20)13(7(5-18)26-14(8)24-2)27-15-12(22)11(21)9(19)6(4-17)25-15/h3,6-15,17-23H,1,4-5H2,2H3/t6?,7?,8?,9-,10+,11?,12-,13+,14?,15-/m0/s1. The van der Waals surface area contributed by atoms with Crippen LogP contribution in [-0.4, -0.2) is 123 Å². The van der Waals surface area contributed by atoms with Gasteiger partial charge < -0.3 is 49.6 Å². The third-order valence-electron chi connectivity index (χ3n) is 4.69. The number of aliphatic hydroxyl groups excluding tert-OH is 6. The third kappa shape index (κ3) is 4.41. The summed E-state index contributed by atoms with van der Waals surface area (Å²) in [5, 5.41) is 69.7. The van der Waals surface area contributed by atoms with Crippen LogP contribution in [0.3, 0.4) is 0 Å². The van der Waals surface area contributed by atoms with Crippen molar-refractivity contribution in [2.45, 2.75) is 61.3 Å². The monoisotopic (exact) mass is 397 g/mol. The Bertz CT molecular complexity index is 481. The van der Waals surface area contributed by atoms with Crippen molar-refractivity contribution >= 4 is 0 Å². The predicted octanol–water partition coefficient (Wildman–Crippen LogP) is -3.90. The molecule has 0 aromatic heterocycles. The first-order valence-electron chi connectivity index (χ1n) is 8.33. The van der Waals surface area contributed by atoms with Crippen LogP contribution in [0.4, 0.5) is 0 Å². The lowest BCUT2D eigenvalue weighted by Gasteiger charge is -2.47. The van der Waals surface area contributed by atoms with E-state index < -0.39 is 74.6 Å². The van der Waals surface area contributed by atoms with Crippen LogP contribution in [0.15, 0.2) is 12.8 Å². The molecule has 2 fully saturated rings. The first kappa shape index (κ1) is 22.4. The summed E-state index contributed by atoms with van der Waals surface area (Å²) in [5.74, 6) is 0. The van der Waals surface area contributed by atoms with E-state index in [1.165, 1.54) is 7.11 Å². The van der Waals surface area contributed by atoms with Gasteiger partial charge in [0, 0.05) is 13.3 Å². The fourth-order valence-electron chi connectivity index (χ4n) is 3.15. The van der Waals surface area contributed by atoms with E-state index in [1.807, 2.05) is 0 Å². The van der Waals surface area contributed by atoms with Gasteiger partial charge in [0.15, 0.2) is 12.6 Å². The van der Waals surface area contributed by atoms with Gasteiger partial charge in [-0.2, -0.15) is 0 Å². The number of hydrogen-bond donors (Lipinski definition) is 7. The van der Waals surface area contributed by atoms with Crippen molar-refractivity contribution in [1.82, 2.24) is 5.06 Å². The lowest BCUT2D eigenvalue weighted by atomic mass is 9.95. The highest BCUT2D eigenvalue weighted by atomic mass is 16.7. The number of methoxy groups -OCH3 is 1. The van der Waals surface area contributed by atoms with Gasteiger partial charge in [0.1, 0.15) is 48.8 Å². The fraction of sp³-hybridized carbons (Fsp3) is 0.867. The normalized spacial score (nSPS) is 45.5. The highest BCUT2D eigenvalue weighted by Gasteiger charge is 2.52. The largest absolute Gasteiger partial charge is 0.394 e. The van der Waals surface area contributed by atoms with Gasteiger partial charge in [0.2, 0.25) is 0 Å². The molecule has 12 nitrogen and oxygen atoms in total. The number of ether oxygens (including phenoxy) is 4. The van der Waals surface area contributed by atoms with E-state index in [4.69, 9.17) is 18.9 Å². The van der Waals surface area contributed by atoms with Gasteiger partial charge in [0.05, 0.1) is 13.2 Å². The molecule has 158 valence electrons. The Morgan fingerprint density at radius 3 is 2.04 bits per heavy atom. The first-order chi connectivity index (χ1) is 12.8. The van der Waals surface area contributed by atoms with Crippen LogP contribution >= 0.6 is 0 Å². The molecule has 0 saturated carbocycles. The van der Waals surface area contributed by atoms with E-state index in [2.05, 4.69) is 6.58 Å². The maximum Gasteiger partial charge on any atom is 0.187 e. The maximum absolute atomic E-state index is 10.6. The maximum atomic E-state index is 10.6. The number of aliphatic hydroxyl groups is 6. The van der Waals surface area contributed by atoms with E-state index in [1.54, 1.807) is 0 Å². The Hall–Kier alpha value is -0.900. The molecule has 0 amide bonds. The zero-order valence-corrected chi connectivity index (χ0v) is 14.7. The van der Waals surface area contributed by atoms with Crippen molar-refractivity contribution in [3.05, 3.63) is 12.8 Å². The van der Waals surface area contributed by atoms with Gasteiger partial charge in [-0.3, -0.25) is 10.3 Å². The summed E-state index contributed by atoms with van der Waals surface area (Å²) in [6.07, 6.45) is -11.8.